The van der Waals surface area contributed by atoms with Gasteiger partial charge in [0.25, 0.3) is 0 Å². The lowest BCUT2D eigenvalue weighted by Gasteiger charge is -2.38. The Hall–Kier alpha value is -2.73. The molecule has 1 aromatic carbocycles. The van der Waals surface area contributed by atoms with Crippen molar-refractivity contribution in [3.8, 4) is 0 Å². The maximum Gasteiger partial charge on any atom is 0.136 e. The van der Waals surface area contributed by atoms with Gasteiger partial charge in [0, 0.05) is 19.0 Å². The number of imidazole rings is 1. The van der Waals surface area contributed by atoms with Gasteiger partial charge in [-0.15, -0.1) is 0 Å². The van der Waals surface area contributed by atoms with E-state index in [0.717, 1.165) is 22.6 Å². The highest BCUT2D eigenvalue weighted by atomic mass is 16.1. The zero-order valence-corrected chi connectivity index (χ0v) is 15.4. The Labute approximate surface area is 157 Å². The maximum atomic E-state index is 12.6. The molecule has 3 N–H and O–H groups in total. The summed E-state index contributed by atoms with van der Waals surface area (Å²) in [5.74, 6) is 1.65. The number of Topliss-reactive ketones (excluding diaryl/α,β-unsaturated/α-hetero) is 1. The molecule has 2 fully saturated rings. The van der Waals surface area contributed by atoms with E-state index in [1.54, 1.807) is 0 Å². The summed E-state index contributed by atoms with van der Waals surface area (Å²) in [5.41, 5.74) is 10.7. The second kappa shape index (κ2) is 6.16. The number of likely N-dealkylation sites (tertiary alicyclic amines) is 1. The molecule has 2 atom stereocenters. The molecule has 6 nitrogen and oxygen atoms in total. The van der Waals surface area contributed by atoms with Crippen LogP contribution in [0.1, 0.15) is 60.8 Å². The summed E-state index contributed by atoms with van der Waals surface area (Å²) in [6.07, 6.45) is 5.24. The van der Waals surface area contributed by atoms with Crippen LogP contribution < -0.4 is 5.73 Å². The van der Waals surface area contributed by atoms with Crippen molar-refractivity contribution in [3.63, 3.8) is 0 Å². The van der Waals surface area contributed by atoms with Crippen LogP contribution in [0, 0.1) is 0 Å². The lowest BCUT2D eigenvalue weighted by atomic mass is 9.90. The molecule has 3 heterocycles. The Balaban J connectivity index is 1.54. The van der Waals surface area contributed by atoms with Crippen molar-refractivity contribution in [3.05, 3.63) is 53.6 Å². The van der Waals surface area contributed by atoms with E-state index < -0.39 is 0 Å². The van der Waals surface area contributed by atoms with E-state index in [2.05, 4.69) is 28.0 Å². The Kier molecular flexibility index (Phi) is 3.75. The predicted molar refractivity (Wildman–Crippen MR) is 104 cm³/mol. The number of piperidine rings is 1. The third kappa shape index (κ3) is 2.80. The SMILES string of the molecule is CN1C(c2nc3c(N)cccc3[nH]2)CC(=O)CC1c1ncccc1C1CC1. The quantitative estimate of drug-likeness (QED) is 0.697. The van der Waals surface area contributed by atoms with Crippen LogP contribution in [0.25, 0.3) is 11.0 Å². The molecule has 0 radical (unpaired) electrons. The number of nitrogens with zero attached hydrogens (tertiary/aromatic N) is 3. The fraction of sp³-hybridized carbons (Fsp3) is 0.381. The van der Waals surface area contributed by atoms with Gasteiger partial charge in [0.15, 0.2) is 0 Å². The number of ketones is 1. The molecule has 138 valence electrons. The van der Waals surface area contributed by atoms with Gasteiger partial charge in [0.05, 0.1) is 29.0 Å². The number of carbonyl (C=O) groups is 1. The highest BCUT2D eigenvalue weighted by Gasteiger charge is 2.39. The minimum Gasteiger partial charge on any atom is -0.397 e. The fourth-order valence-electron chi connectivity index (χ4n) is 4.28. The van der Waals surface area contributed by atoms with Crippen LogP contribution in [0.5, 0.6) is 0 Å². The second-order valence-corrected chi connectivity index (χ2v) is 7.76. The average Bonchev–Trinajstić information content (AvgIpc) is 3.42. The van der Waals surface area contributed by atoms with Gasteiger partial charge in [0.1, 0.15) is 17.1 Å². The summed E-state index contributed by atoms with van der Waals surface area (Å²) in [7, 11) is 2.07. The average molecular weight is 361 g/mol. The van der Waals surface area contributed by atoms with Gasteiger partial charge in [-0.2, -0.15) is 0 Å². The van der Waals surface area contributed by atoms with Gasteiger partial charge < -0.3 is 10.7 Å². The molecule has 0 bridgehead atoms. The summed E-state index contributed by atoms with van der Waals surface area (Å²) in [6, 6.07) is 9.78. The monoisotopic (exact) mass is 361 g/mol. The molecule has 3 aromatic rings. The van der Waals surface area contributed by atoms with Crippen LogP contribution in [0.2, 0.25) is 0 Å². The predicted octanol–water partition coefficient (Wildman–Crippen LogP) is 3.49. The van der Waals surface area contributed by atoms with Crippen molar-refractivity contribution < 1.29 is 4.79 Å². The molecule has 0 spiro atoms. The van der Waals surface area contributed by atoms with E-state index in [9.17, 15) is 4.79 Å². The molecule has 27 heavy (non-hydrogen) atoms. The molecule has 2 aliphatic rings. The van der Waals surface area contributed by atoms with Crippen LogP contribution in [-0.2, 0) is 4.79 Å². The summed E-state index contributed by atoms with van der Waals surface area (Å²) >= 11 is 0. The van der Waals surface area contributed by atoms with Crippen LogP contribution in [-0.4, -0.2) is 32.7 Å². The summed E-state index contributed by atoms with van der Waals surface area (Å²) in [6.45, 7) is 0. The number of pyridine rings is 1. The van der Waals surface area contributed by atoms with E-state index in [1.807, 2.05) is 30.5 Å². The first-order chi connectivity index (χ1) is 13.1. The number of rotatable bonds is 3. The highest BCUT2D eigenvalue weighted by Crippen LogP contribution is 2.46. The number of aromatic amines is 1. The van der Waals surface area contributed by atoms with Crippen LogP contribution in [0.15, 0.2) is 36.5 Å². The number of H-pyrrole nitrogens is 1. The Morgan fingerprint density at radius 2 is 1.96 bits per heavy atom. The normalized spacial score (nSPS) is 23.8. The first-order valence-electron chi connectivity index (χ1n) is 9.54. The van der Waals surface area contributed by atoms with Gasteiger partial charge in [-0.3, -0.25) is 14.7 Å². The molecule has 1 saturated heterocycles. The topological polar surface area (TPSA) is 87.9 Å². The molecule has 2 unspecified atom stereocenters. The number of para-hydroxylation sites is 1. The molecule has 6 heteroatoms. The number of fused-ring (bicyclic) bond motifs is 1. The van der Waals surface area contributed by atoms with Crippen LogP contribution in [0.4, 0.5) is 5.69 Å². The fourth-order valence-corrected chi connectivity index (χ4v) is 4.28. The number of hydrogen-bond acceptors (Lipinski definition) is 5. The maximum absolute atomic E-state index is 12.6. The summed E-state index contributed by atoms with van der Waals surface area (Å²) in [4.78, 5) is 27.7. The summed E-state index contributed by atoms with van der Waals surface area (Å²) in [5, 5.41) is 0. The lowest BCUT2D eigenvalue weighted by Crippen LogP contribution is -2.38. The van der Waals surface area contributed by atoms with Gasteiger partial charge in [-0.05, 0) is 49.6 Å². The number of nitrogen functional groups attached to an aromatic ring is 1. The first-order valence-corrected chi connectivity index (χ1v) is 9.54. The molecule has 1 saturated carbocycles. The molecule has 5 rings (SSSR count). The molecular formula is C21H23N5O. The van der Waals surface area contributed by atoms with Crippen molar-refractivity contribution in [2.75, 3.05) is 12.8 Å². The Bertz CT molecular complexity index is 1020. The molecule has 1 aliphatic heterocycles. The van der Waals surface area contributed by atoms with Crippen LogP contribution >= 0.6 is 0 Å². The number of aromatic nitrogens is 3. The zero-order chi connectivity index (χ0) is 18.5. The van der Waals surface area contributed by atoms with Gasteiger partial charge >= 0.3 is 0 Å². The third-order valence-electron chi connectivity index (χ3n) is 5.91. The number of nitrogens with two attached hydrogens (primary N) is 1. The van der Waals surface area contributed by atoms with E-state index in [1.165, 1.54) is 18.4 Å². The molecule has 1 aliphatic carbocycles. The molecule has 2 aromatic heterocycles. The number of anilines is 1. The molecular weight excluding hydrogens is 338 g/mol. The minimum absolute atomic E-state index is 0.0152. The van der Waals surface area contributed by atoms with Gasteiger partial charge in [-0.1, -0.05) is 12.1 Å². The second-order valence-electron chi connectivity index (χ2n) is 7.76. The number of benzene rings is 1. The Morgan fingerprint density at radius 3 is 2.74 bits per heavy atom. The van der Waals surface area contributed by atoms with Gasteiger partial charge in [0.2, 0.25) is 0 Å². The summed E-state index contributed by atoms with van der Waals surface area (Å²) < 4.78 is 0. The van der Waals surface area contributed by atoms with Crippen LogP contribution in [0.3, 0.4) is 0 Å². The van der Waals surface area contributed by atoms with Gasteiger partial charge in [-0.25, -0.2) is 4.98 Å². The Morgan fingerprint density at radius 1 is 1.15 bits per heavy atom. The largest absolute Gasteiger partial charge is 0.397 e. The highest BCUT2D eigenvalue weighted by molar-refractivity contribution is 5.87. The van der Waals surface area contributed by atoms with Crippen molar-refractivity contribution in [2.45, 2.75) is 43.7 Å². The number of nitrogens with one attached hydrogen (secondary N) is 1. The van der Waals surface area contributed by atoms with E-state index >= 15 is 0 Å². The van der Waals surface area contributed by atoms with E-state index in [-0.39, 0.29) is 17.9 Å². The smallest absolute Gasteiger partial charge is 0.136 e. The third-order valence-corrected chi connectivity index (χ3v) is 5.91. The first kappa shape index (κ1) is 16.4. The number of carbonyl (C=O) groups excluding carboxylic acids is 1. The standard InChI is InChI=1S/C21H23N5O/c1-26-17(19-14(12-7-8-12)4-3-9-23-19)10-13(27)11-18(26)21-24-16-6-2-5-15(22)20(16)25-21/h2-6,9,12,17-18H,7-8,10-11,22H2,1H3,(H,24,25). The van der Waals surface area contributed by atoms with E-state index in [4.69, 9.17) is 10.7 Å². The van der Waals surface area contributed by atoms with E-state index in [0.29, 0.717) is 24.4 Å². The lowest BCUT2D eigenvalue weighted by molar-refractivity contribution is -0.125. The number of hydrogen-bond donors (Lipinski definition) is 2. The minimum atomic E-state index is -0.0999. The van der Waals surface area contributed by atoms with Crippen molar-refractivity contribution in [1.82, 2.24) is 19.9 Å². The van der Waals surface area contributed by atoms with Crippen molar-refractivity contribution >= 4 is 22.5 Å². The zero-order valence-electron chi connectivity index (χ0n) is 15.4. The molecule has 0 amide bonds. The van der Waals surface area contributed by atoms with Crippen molar-refractivity contribution in [1.29, 1.82) is 0 Å². The van der Waals surface area contributed by atoms with Crippen molar-refractivity contribution in [2.24, 2.45) is 0 Å².